The van der Waals surface area contributed by atoms with Crippen LogP contribution in [0.1, 0.15) is 37.4 Å². The third kappa shape index (κ3) is 5.74. The number of hydrogen-bond donors (Lipinski definition) is 2. The van der Waals surface area contributed by atoms with Crippen molar-refractivity contribution < 1.29 is 4.79 Å². The van der Waals surface area contributed by atoms with E-state index in [-0.39, 0.29) is 5.91 Å². The quantitative estimate of drug-likeness (QED) is 0.262. The minimum atomic E-state index is -0.0204. The molecule has 2 N–H and O–H groups in total. The summed E-state index contributed by atoms with van der Waals surface area (Å²) < 4.78 is 0. The van der Waals surface area contributed by atoms with Gasteiger partial charge < -0.3 is 10.6 Å². The van der Waals surface area contributed by atoms with Crippen molar-refractivity contribution in [1.82, 2.24) is 14.9 Å². The number of rotatable bonds is 10. The number of nitrogens with zero attached hydrogens (tertiary/aromatic N) is 3. The first-order chi connectivity index (χ1) is 17.7. The summed E-state index contributed by atoms with van der Waals surface area (Å²) in [6, 6.07) is 18.5. The molecule has 36 heavy (non-hydrogen) atoms. The third-order valence-electron chi connectivity index (χ3n) is 6.76. The second-order valence-electron chi connectivity index (χ2n) is 9.24. The van der Waals surface area contributed by atoms with E-state index >= 15 is 0 Å². The van der Waals surface area contributed by atoms with E-state index in [0.717, 1.165) is 55.7 Å². The van der Waals surface area contributed by atoms with Crippen LogP contribution in [0.4, 0.5) is 10.8 Å². The van der Waals surface area contributed by atoms with Gasteiger partial charge in [-0.1, -0.05) is 55.5 Å². The molecule has 0 bridgehead atoms. The normalized spacial score (nSPS) is 13.1. The number of benzene rings is 2. The maximum absolute atomic E-state index is 12.7. The lowest BCUT2D eigenvalue weighted by atomic mass is 9.92. The van der Waals surface area contributed by atoms with Crippen LogP contribution in [-0.4, -0.2) is 47.0 Å². The molecule has 0 atom stereocenters. The van der Waals surface area contributed by atoms with Gasteiger partial charge in [-0.2, -0.15) is 0 Å². The Labute approximate surface area is 216 Å². The lowest BCUT2D eigenvalue weighted by molar-refractivity contribution is -0.117. The minimum Gasteiger partial charge on any atom is -0.384 e. The van der Waals surface area contributed by atoms with Crippen molar-refractivity contribution in [3.8, 4) is 11.3 Å². The zero-order chi connectivity index (χ0) is 24.7. The number of nitrogens with one attached hydrogen (secondary N) is 2. The highest BCUT2D eigenvalue weighted by atomic mass is 32.1. The Balaban J connectivity index is 1.14. The Morgan fingerprint density at radius 1 is 1.03 bits per heavy atom. The summed E-state index contributed by atoms with van der Waals surface area (Å²) >= 11 is 1.46. The van der Waals surface area contributed by atoms with Crippen LogP contribution in [-0.2, 0) is 17.6 Å². The van der Waals surface area contributed by atoms with Crippen LogP contribution in [0.5, 0.6) is 0 Å². The molecule has 186 valence electrons. The first kappa shape index (κ1) is 24.4. The summed E-state index contributed by atoms with van der Waals surface area (Å²) in [5.74, 6) is -0.0204. The van der Waals surface area contributed by atoms with Gasteiger partial charge in [-0.25, -0.2) is 4.98 Å². The topological polar surface area (TPSA) is 70.2 Å². The number of carbonyl (C=O) groups excluding carboxylic acids is 1. The molecule has 0 saturated carbocycles. The molecule has 7 heteroatoms. The van der Waals surface area contributed by atoms with Crippen LogP contribution < -0.4 is 10.6 Å². The Morgan fingerprint density at radius 3 is 2.69 bits per heavy atom. The third-order valence-corrected chi connectivity index (χ3v) is 7.51. The Bertz CT molecular complexity index is 1320. The predicted octanol–water partition coefficient (Wildman–Crippen LogP) is 6.00. The number of aromatic nitrogens is 2. The van der Waals surface area contributed by atoms with E-state index in [1.165, 1.54) is 46.5 Å². The molecule has 0 radical (unpaired) electrons. The van der Waals surface area contributed by atoms with Gasteiger partial charge in [-0.3, -0.25) is 14.7 Å². The maximum Gasteiger partial charge on any atom is 0.240 e. The van der Waals surface area contributed by atoms with Crippen LogP contribution >= 0.6 is 11.3 Å². The number of likely N-dealkylation sites (N-methyl/N-ethyl adjacent to an activating group) is 1. The van der Waals surface area contributed by atoms with E-state index in [0.29, 0.717) is 11.7 Å². The van der Waals surface area contributed by atoms with Gasteiger partial charge in [0, 0.05) is 40.8 Å². The van der Waals surface area contributed by atoms with Crippen LogP contribution in [0.15, 0.2) is 60.0 Å². The second kappa shape index (κ2) is 11.6. The van der Waals surface area contributed by atoms with Crippen LogP contribution in [0.2, 0.25) is 0 Å². The maximum atomic E-state index is 12.7. The SMILES string of the molecule is CCN(CCCNc1c2c(nc3ccccc13)CCCC2)CC(=O)Nc1nc(-c2ccccc2)cs1. The number of pyridine rings is 1. The van der Waals surface area contributed by atoms with Crippen molar-refractivity contribution in [2.75, 3.05) is 36.8 Å². The highest BCUT2D eigenvalue weighted by molar-refractivity contribution is 7.14. The van der Waals surface area contributed by atoms with E-state index in [1.54, 1.807) is 0 Å². The number of fused-ring (bicyclic) bond motifs is 2. The van der Waals surface area contributed by atoms with Crippen LogP contribution in [0.3, 0.4) is 0 Å². The highest BCUT2D eigenvalue weighted by Crippen LogP contribution is 2.33. The molecule has 1 amide bonds. The fourth-order valence-electron chi connectivity index (χ4n) is 4.87. The van der Waals surface area contributed by atoms with Gasteiger partial charge in [0.1, 0.15) is 0 Å². The van der Waals surface area contributed by atoms with E-state index in [2.05, 4.69) is 51.7 Å². The molecular weight excluding hydrogens is 466 g/mol. The van der Waals surface area contributed by atoms with Gasteiger partial charge in [0.05, 0.1) is 17.8 Å². The number of hydrogen-bond acceptors (Lipinski definition) is 6. The summed E-state index contributed by atoms with van der Waals surface area (Å²) in [5.41, 5.74) is 6.93. The summed E-state index contributed by atoms with van der Waals surface area (Å²) in [4.78, 5) is 24.4. The Kier molecular flexibility index (Phi) is 7.88. The van der Waals surface area contributed by atoms with Gasteiger partial charge in [0.25, 0.3) is 0 Å². The number of anilines is 2. The van der Waals surface area contributed by atoms with Crippen molar-refractivity contribution in [2.45, 2.75) is 39.0 Å². The summed E-state index contributed by atoms with van der Waals surface area (Å²) in [6.07, 6.45) is 5.58. The Morgan fingerprint density at radius 2 is 1.83 bits per heavy atom. The molecular formula is C29H33N5OS. The molecule has 0 spiro atoms. The van der Waals surface area contributed by atoms with Crippen molar-refractivity contribution in [1.29, 1.82) is 0 Å². The summed E-state index contributed by atoms with van der Waals surface area (Å²) in [7, 11) is 0. The minimum absolute atomic E-state index is 0.0204. The van der Waals surface area contributed by atoms with Crippen LogP contribution in [0.25, 0.3) is 22.2 Å². The number of thiazole rings is 1. The lowest BCUT2D eigenvalue weighted by Gasteiger charge is -2.23. The molecule has 2 heterocycles. The summed E-state index contributed by atoms with van der Waals surface area (Å²) in [5, 5.41) is 10.5. The predicted molar refractivity (Wildman–Crippen MR) is 150 cm³/mol. The average Bonchev–Trinajstić information content (AvgIpc) is 3.38. The van der Waals surface area contributed by atoms with Gasteiger partial charge in [-0.05, 0) is 50.3 Å². The molecule has 0 unspecified atom stereocenters. The van der Waals surface area contributed by atoms with Crippen molar-refractivity contribution in [3.05, 3.63) is 71.2 Å². The van der Waals surface area contributed by atoms with Gasteiger partial charge in [0.2, 0.25) is 5.91 Å². The smallest absolute Gasteiger partial charge is 0.240 e. The molecule has 1 aliphatic carbocycles. The number of para-hydroxylation sites is 1. The lowest BCUT2D eigenvalue weighted by Crippen LogP contribution is -2.34. The van der Waals surface area contributed by atoms with Crippen molar-refractivity contribution in [2.24, 2.45) is 0 Å². The highest BCUT2D eigenvalue weighted by Gasteiger charge is 2.18. The molecule has 0 saturated heterocycles. The zero-order valence-corrected chi connectivity index (χ0v) is 21.6. The van der Waals surface area contributed by atoms with Gasteiger partial charge in [0.15, 0.2) is 5.13 Å². The molecule has 1 aliphatic rings. The fourth-order valence-corrected chi connectivity index (χ4v) is 5.61. The average molecular weight is 500 g/mol. The second-order valence-corrected chi connectivity index (χ2v) is 10.1. The van der Waals surface area contributed by atoms with Crippen molar-refractivity contribution >= 4 is 39.0 Å². The first-order valence-electron chi connectivity index (χ1n) is 12.9. The van der Waals surface area contributed by atoms with E-state index in [1.807, 2.05) is 35.7 Å². The molecule has 2 aromatic heterocycles. The van der Waals surface area contributed by atoms with E-state index < -0.39 is 0 Å². The monoisotopic (exact) mass is 499 g/mol. The zero-order valence-electron chi connectivity index (χ0n) is 20.8. The standard InChI is InChI=1S/C29H33N5OS/c1-2-34(19-27(35)33-29-32-26(20-36-29)21-11-4-3-5-12-21)18-10-17-30-28-22-13-6-8-15-24(22)31-25-16-9-7-14-23(25)28/h3-6,8,11-13,15,20H,2,7,9-10,14,16-19H2,1H3,(H,30,31)(H,32,33,35). The number of aryl methyl sites for hydroxylation is 1. The van der Waals surface area contributed by atoms with Crippen molar-refractivity contribution in [3.63, 3.8) is 0 Å². The van der Waals surface area contributed by atoms with Crippen LogP contribution in [0, 0.1) is 0 Å². The molecule has 6 nitrogen and oxygen atoms in total. The molecule has 0 fully saturated rings. The molecule has 0 aliphatic heterocycles. The van der Waals surface area contributed by atoms with E-state index in [9.17, 15) is 4.79 Å². The summed E-state index contributed by atoms with van der Waals surface area (Å²) in [6.45, 7) is 5.02. The Hall–Kier alpha value is -3.29. The van der Waals surface area contributed by atoms with E-state index in [4.69, 9.17) is 4.98 Å². The fraction of sp³-hybridized carbons (Fsp3) is 0.345. The van der Waals surface area contributed by atoms with Gasteiger partial charge >= 0.3 is 0 Å². The molecule has 5 rings (SSSR count). The number of amides is 1. The molecule has 4 aromatic rings. The first-order valence-corrected chi connectivity index (χ1v) is 13.8. The number of carbonyl (C=O) groups is 1. The molecule has 2 aromatic carbocycles. The van der Waals surface area contributed by atoms with Gasteiger partial charge in [-0.15, -0.1) is 11.3 Å². The largest absolute Gasteiger partial charge is 0.384 e.